The number of aryl methyl sites for hydroxylation is 2. The smallest absolute Gasteiger partial charge is 0.309 e. The monoisotopic (exact) mass is 329 g/mol. The zero-order valence-electron chi connectivity index (χ0n) is 11.6. The quantitative estimate of drug-likeness (QED) is 0.923. The largest absolute Gasteiger partial charge is 0.481 e. The normalized spacial score (nSPS) is 19.6. The van der Waals surface area contributed by atoms with E-state index < -0.39 is 11.4 Å². The van der Waals surface area contributed by atoms with Gasteiger partial charge in [0.05, 0.1) is 21.3 Å². The summed E-state index contributed by atoms with van der Waals surface area (Å²) in [6.07, 6.45) is 1.41. The van der Waals surface area contributed by atoms with E-state index in [1.807, 2.05) is 25.6 Å². The van der Waals surface area contributed by atoms with Gasteiger partial charge in [-0.15, -0.1) is 0 Å². The summed E-state index contributed by atoms with van der Waals surface area (Å²) in [5.74, 6) is -0.676. The molecular formula is C13H20BrN3O2. The van der Waals surface area contributed by atoms with Gasteiger partial charge in [-0.25, -0.2) is 0 Å². The van der Waals surface area contributed by atoms with Crippen molar-refractivity contribution in [2.45, 2.75) is 33.2 Å². The van der Waals surface area contributed by atoms with Gasteiger partial charge in [-0.3, -0.25) is 14.4 Å². The average molecular weight is 330 g/mol. The molecule has 0 spiro atoms. The van der Waals surface area contributed by atoms with E-state index in [1.165, 1.54) is 0 Å². The van der Waals surface area contributed by atoms with Crippen LogP contribution in [-0.4, -0.2) is 38.8 Å². The van der Waals surface area contributed by atoms with Crippen LogP contribution in [0.25, 0.3) is 0 Å². The molecular weight excluding hydrogens is 310 g/mol. The zero-order chi connectivity index (χ0) is 14.2. The Balaban J connectivity index is 2.02. The lowest BCUT2D eigenvalue weighted by Crippen LogP contribution is -2.42. The van der Waals surface area contributed by atoms with Crippen molar-refractivity contribution in [1.82, 2.24) is 14.7 Å². The fraction of sp³-hybridized carbons (Fsp3) is 0.692. The lowest BCUT2D eigenvalue weighted by Gasteiger charge is -2.36. The summed E-state index contributed by atoms with van der Waals surface area (Å²) in [6, 6.07) is 0. The molecule has 6 heteroatoms. The van der Waals surface area contributed by atoms with E-state index in [1.54, 1.807) is 0 Å². The molecule has 2 rings (SSSR count). The van der Waals surface area contributed by atoms with Crippen LogP contribution in [0.15, 0.2) is 4.47 Å². The lowest BCUT2D eigenvalue weighted by atomic mass is 9.80. The summed E-state index contributed by atoms with van der Waals surface area (Å²) < 4.78 is 2.95. The Morgan fingerprint density at radius 2 is 2.05 bits per heavy atom. The minimum atomic E-state index is -0.676. The number of aromatic nitrogens is 2. The minimum Gasteiger partial charge on any atom is -0.481 e. The Labute approximate surface area is 121 Å². The number of carboxylic acid groups (broad SMARTS) is 1. The molecule has 0 aliphatic carbocycles. The molecule has 1 aliphatic rings. The van der Waals surface area contributed by atoms with E-state index in [0.717, 1.165) is 35.5 Å². The number of piperidine rings is 1. The number of rotatable bonds is 3. The molecule has 1 aromatic rings. The highest BCUT2D eigenvalue weighted by Crippen LogP contribution is 2.32. The van der Waals surface area contributed by atoms with Gasteiger partial charge in [0.15, 0.2) is 0 Å². The molecule has 106 valence electrons. The van der Waals surface area contributed by atoms with Gasteiger partial charge in [-0.1, -0.05) is 0 Å². The van der Waals surface area contributed by atoms with E-state index in [2.05, 4.69) is 25.9 Å². The van der Waals surface area contributed by atoms with Crippen molar-refractivity contribution in [3.05, 3.63) is 15.9 Å². The van der Waals surface area contributed by atoms with Crippen LogP contribution >= 0.6 is 15.9 Å². The van der Waals surface area contributed by atoms with Crippen molar-refractivity contribution in [3.63, 3.8) is 0 Å². The van der Waals surface area contributed by atoms with Crippen molar-refractivity contribution < 1.29 is 9.90 Å². The third-order valence-corrected chi connectivity index (χ3v) is 5.14. The highest BCUT2D eigenvalue weighted by atomic mass is 79.9. The summed E-state index contributed by atoms with van der Waals surface area (Å²) >= 11 is 3.57. The predicted octanol–water partition coefficient (Wildman–Crippen LogP) is 2.18. The van der Waals surface area contributed by atoms with Crippen LogP contribution in [0.5, 0.6) is 0 Å². The minimum absolute atomic E-state index is 0.559. The first-order valence-electron chi connectivity index (χ1n) is 6.47. The first-order valence-corrected chi connectivity index (χ1v) is 7.26. The van der Waals surface area contributed by atoms with Gasteiger partial charge in [0.1, 0.15) is 0 Å². The second-order valence-corrected chi connectivity index (χ2v) is 6.40. The second-order valence-electron chi connectivity index (χ2n) is 5.61. The Hall–Kier alpha value is -0.880. The molecule has 1 aromatic heterocycles. The van der Waals surface area contributed by atoms with Crippen molar-refractivity contribution in [2.24, 2.45) is 12.5 Å². The number of hydrogen-bond acceptors (Lipinski definition) is 3. The summed E-state index contributed by atoms with van der Waals surface area (Å²) in [7, 11) is 1.94. The van der Waals surface area contributed by atoms with Crippen LogP contribution in [0, 0.1) is 12.3 Å². The summed E-state index contributed by atoms with van der Waals surface area (Å²) in [4.78, 5) is 13.5. The summed E-state index contributed by atoms with van der Waals surface area (Å²) in [5, 5.41) is 13.6. The van der Waals surface area contributed by atoms with Crippen LogP contribution in [0.2, 0.25) is 0 Å². The molecule has 1 N–H and O–H groups in total. The van der Waals surface area contributed by atoms with Gasteiger partial charge in [-0.2, -0.15) is 5.10 Å². The standard InChI is InChI=1S/C13H20BrN3O2/c1-9-11(14)10(16(3)15-9)8-17-6-4-13(2,5-7-17)12(18)19/h4-8H2,1-3H3,(H,18,19). The predicted molar refractivity (Wildman–Crippen MR) is 75.9 cm³/mol. The van der Waals surface area contributed by atoms with E-state index in [0.29, 0.717) is 12.8 Å². The zero-order valence-corrected chi connectivity index (χ0v) is 13.2. The molecule has 0 atom stereocenters. The van der Waals surface area contributed by atoms with E-state index in [9.17, 15) is 9.90 Å². The maximum atomic E-state index is 11.2. The van der Waals surface area contributed by atoms with E-state index >= 15 is 0 Å². The third kappa shape index (κ3) is 2.84. The van der Waals surface area contributed by atoms with Gasteiger partial charge in [0.25, 0.3) is 0 Å². The van der Waals surface area contributed by atoms with Crippen molar-refractivity contribution >= 4 is 21.9 Å². The maximum absolute atomic E-state index is 11.2. The van der Waals surface area contributed by atoms with Crippen molar-refractivity contribution in [1.29, 1.82) is 0 Å². The molecule has 1 saturated heterocycles. The average Bonchev–Trinajstić information content (AvgIpc) is 2.58. The Morgan fingerprint density at radius 3 is 2.47 bits per heavy atom. The number of likely N-dealkylation sites (tertiary alicyclic amines) is 1. The molecule has 1 fully saturated rings. The lowest BCUT2D eigenvalue weighted by molar-refractivity contribution is -0.150. The van der Waals surface area contributed by atoms with Gasteiger partial charge in [0, 0.05) is 13.6 Å². The van der Waals surface area contributed by atoms with Gasteiger partial charge < -0.3 is 5.11 Å². The van der Waals surface area contributed by atoms with Crippen LogP contribution < -0.4 is 0 Å². The molecule has 0 unspecified atom stereocenters. The van der Waals surface area contributed by atoms with Gasteiger partial charge in [-0.05, 0) is 55.7 Å². The molecule has 0 amide bonds. The number of carboxylic acids is 1. The number of nitrogens with zero attached hydrogens (tertiary/aromatic N) is 3. The SMILES string of the molecule is Cc1nn(C)c(CN2CCC(C)(C(=O)O)CC2)c1Br. The number of carbonyl (C=O) groups is 1. The van der Waals surface area contributed by atoms with Gasteiger partial charge >= 0.3 is 5.97 Å². The molecule has 0 bridgehead atoms. The molecule has 0 saturated carbocycles. The van der Waals surface area contributed by atoms with E-state index in [4.69, 9.17) is 0 Å². The first-order chi connectivity index (χ1) is 8.83. The van der Waals surface area contributed by atoms with Crippen LogP contribution in [0.1, 0.15) is 31.2 Å². The van der Waals surface area contributed by atoms with Gasteiger partial charge in [0.2, 0.25) is 0 Å². The molecule has 0 aromatic carbocycles. The molecule has 2 heterocycles. The van der Waals surface area contributed by atoms with Crippen molar-refractivity contribution in [2.75, 3.05) is 13.1 Å². The number of hydrogen-bond donors (Lipinski definition) is 1. The van der Waals surface area contributed by atoms with Crippen LogP contribution in [0.4, 0.5) is 0 Å². The third-order valence-electron chi connectivity index (χ3n) is 4.11. The van der Waals surface area contributed by atoms with E-state index in [-0.39, 0.29) is 0 Å². The Morgan fingerprint density at radius 1 is 1.47 bits per heavy atom. The molecule has 19 heavy (non-hydrogen) atoms. The summed E-state index contributed by atoms with van der Waals surface area (Å²) in [6.45, 7) is 6.27. The number of aliphatic carboxylic acids is 1. The molecule has 0 radical (unpaired) electrons. The fourth-order valence-corrected chi connectivity index (χ4v) is 2.94. The van der Waals surface area contributed by atoms with Crippen LogP contribution in [-0.2, 0) is 18.4 Å². The second kappa shape index (κ2) is 5.25. The highest BCUT2D eigenvalue weighted by Gasteiger charge is 2.37. The number of halogens is 1. The fourth-order valence-electron chi connectivity index (χ4n) is 2.48. The maximum Gasteiger partial charge on any atom is 0.309 e. The topological polar surface area (TPSA) is 58.4 Å². The Kier molecular flexibility index (Phi) is 4.01. The first kappa shape index (κ1) is 14.5. The molecule has 5 nitrogen and oxygen atoms in total. The highest BCUT2D eigenvalue weighted by molar-refractivity contribution is 9.10. The van der Waals surface area contributed by atoms with Crippen molar-refractivity contribution in [3.8, 4) is 0 Å². The Bertz CT molecular complexity index is 490. The molecule has 1 aliphatic heterocycles. The van der Waals surface area contributed by atoms with Crippen LogP contribution in [0.3, 0.4) is 0 Å². The summed E-state index contributed by atoms with van der Waals surface area (Å²) in [5.41, 5.74) is 1.58.